The number of halogens is 3. The van der Waals surface area contributed by atoms with Crippen molar-refractivity contribution in [1.29, 1.82) is 0 Å². The number of rotatable bonds is 2. The number of hydrogen-bond acceptors (Lipinski definition) is 4. The summed E-state index contributed by atoms with van der Waals surface area (Å²) >= 11 is 2.95. The zero-order chi connectivity index (χ0) is 11.7. The standard InChI is InChI=1S/C9H6BrF2N3O/c10-5-1-4(6(11)2-7(5)12)9-14-8(3-13)16-15-9/h1-2H,3,13H2. The van der Waals surface area contributed by atoms with Crippen LogP contribution in [0.1, 0.15) is 5.89 Å². The van der Waals surface area contributed by atoms with Crippen molar-refractivity contribution >= 4 is 15.9 Å². The average Bonchev–Trinajstić information content (AvgIpc) is 2.71. The van der Waals surface area contributed by atoms with E-state index in [1.807, 2.05) is 0 Å². The van der Waals surface area contributed by atoms with Gasteiger partial charge in [0.25, 0.3) is 0 Å². The maximum absolute atomic E-state index is 13.4. The lowest BCUT2D eigenvalue weighted by atomic mass is 10.2. The second kappa shape index (κ2) is 4.26. The molecule has 84 valence electrons. The van der Waals surface area contributed by atoms with Gasteiger partial charge >= 0.3 is 0 Å². The zero-order valence-electron chi connectivity index (χ0n) is 7.88. The van der Waals surface area contributed by atoms with Crippen molar-refractivity contribution < 1.29 is 13.3 Å². The lowest BCUT2D eigenvalue weighted by Crippen LogP contribution is -1.96. The molecule has 4 nitrogen and oxygen atoms in total. The summed E-state index contributed by atoms with van der Waals surface area (Å²) in [5.41, 5.74) is 5.33. The van der Waals surface area contributed by atoms with Gasteiger partial charge in [-0.3, -0.25) is 0 Å². The summed E-state index contributed by atoms with van der Waals surface area (Å²) in [5.74, 6) is -1.22. The smallest absolute Gasteiger partial charge is 0.240 e. The molecule has 0 fully saturated rings. The van der Waals surface area contributed by atoms with Crippen molar-refractivity contribution in [1.82, 2.24) is 10.1 Å². The Morgan fingerprint density at radius 1 is 1.31 bits per heavy atom. The minimum absolute atomic E-state index is 0.0404. The molecule has 1 heterocycles. The van der Waals surface area contributed by atoms with Gasteiger partial charge in [0, 0.05) is 6.07 Å². The molecule has 0 aliphatic carbocycles. The lowest BCUT2D eigenvalue weighted by Gasteiger charge is -1.99. The van der Waals surface area contributed by atoms with Crippen LogP contribution in [0.25, 0.3) is 11.4 Å². The monoisotopic (exact) mass is 289 g/mol. The summed E-state index contributed by atoms with van der Waals surface area (Å²) in [6.45, 7) is 0.0665. The Bertz CT molecular complexity index is 529. The minimum atomic E-state index is -0.759. The molecule has 2 N–H and O–H groups in total. The summed E-state index contributed by atoms with van der Waals surface area (Å²) < 4.78 is 31.3. The lowest BCUT2D eigenvalue weighted by molar-refractivity contribution is 0.380. The molecule has 0 aliphatic heterocycles. The largest absolute Gasteiger partial charge is 0.338 e. The maximum Gasteiger partial charge on any atom is 0.240 e. The van der Waals surface area contributed by atoms with E-state index in [9.17, 15) is 8.78 Å². The van der Waals surface area contributed by atoms with Crippen LogP contribution in [0, 0.1) is 11.6 Å². The summed E-state index contributed by atoms with van der Waals surface area (Å²) in [7, 11) is 0. The van der Waals surface area contributed by atoms with Crippen molar-refractivity contribution in [3.05, 3.63) is 34.1 Å². The van der Waals surface area contributed by atoms with Crippen LogP contribution in [-0.4, -0.2) is 10.1 Å². The Morgan fingerprint density at radius 3 is 2.69 bits per heavy atom. The topological polar surface area (TPSA) is 64.9 Å². The van der Waals surface area contributed by atoms with Gasteiger partial charge in [0.2, 0.25) is 11.7 Å². The molecule has 0 bridgehead atoms. The molecule has 0 aliphatic rings. The Morgan fingerprint density at radius 2 is 2.06 bits per heavy atom. The summed E-state index contributed by atoms with van der Waals surface area (Å²) in [6, 6.07) is 1.99. The SMILES string of the molecule is NCc1nc(-c2cc(Br)c(F)cc2F)no1. The van der Waals surface area contributed by atoms with Crippen molar-refractivity contribution in [3.8, 4) is 11.4 Å². The van der Waals surface area contributed by atoms with Gasteiger partial charge in [0.05, 0.1) is 16.6 Å². The molecule has 0 atom stereocenters. The van der Waals surface area contributed by atoms with Crippen molar-refractivity contribution in [3.63, 3.8) is 0 Å². The molecule has 2 aromatic rings. The summed E-state index contributed by atoms with van der Waals surface area (Å²) in [4.78, 5) is 3.84. The van der Waals surface area contributed by atoms with E-state index >= 15 is 0 Å². The number of aromatic nitrogens is 2. The molecule has 0 spiro atoms. The van der Waals surface area contributed by atoms with E-state index in [0.717, 1.165) is 6.07 Å². The van der Waals surface area contributed by atoms with Crippen molar-refractivity contribution in [2.24, 2.45) is 5.73 Å². The van der Waals surface area contributed by atoms with Gasteiger partial charge in [0.1, 0.15) is 11.6 Å². The highest BCUT2D eigenvalue weighted by Crippen LogP contribution is 2.26. The van der Waals surface area contributed by atoms with Gasteiger partial charge in [-0.25, -0.2) is 8.78 Å². The maximum atomic E-state index is 13.4. The van der Waals surface area contributed by atoms with E-state index in [4.69, 9.17) is 10.3 Å². The van der Waals surface area contributed by atoms with Crippen molar-refractivity contribution in [2.45, 2.75) is 6.54 Å². The Labute approximate surface area is 97.6 Å². The highest BCUT2D eigenvalue weighted by Gasteiger charge is 2.15. The molecule has 2 rings (SSSR count). The van der Waals surface area contributed by atoms with E-state index in [0.29, 0.717) is 0 Å². The van der Waals surface area contributed by atoms with Gasteiger partial charge in [-0.05, 0) is 22.0 Å². The second-order valence-corrected chi connectivity index (χ2v) is 3.82. The highest BCUT2D eigenvalue weighted by atomic mass is 79.9. The molecule has 1 aromatic carbocycles. The molecule has 1 aromatic heterocycles. The zero-order valence-corrected chi connectivity index (χ0v) is 9.46. The molecule has 7 heteroatoms. The Kier molecular flexibility index (Phi) is 2.97. The van der Waals surface area contributed by atoms with Crippen LogP contribution in [0.4, 0.5) is 8.78 Å². The van der Waals surface area contributed by atoms with E-state index in [2.05, 4.69) is 26.1 Å². The highest BCUT2D eigenvalue weighted by molar-refractivity contribution is 9.10. The third kappa shape index (κ3) is 1.96. The van der Waals surface area contributed by atoms with Crippen molar-refractivity contribution in [2.75, 3.05) is 0 Å². The molecular weight excluding hydrogens is 284 g/mol. The van der Waals surface area contributed by atoms with Crippen LogP contribution in [-0.2, 0) is 6.54 Å². The van der Waals surface area contributed by atoms with Gasteiger partial charge in [-0.2, -0.15) is 4.98 Å². The third-order valence-corrected chi connectivity index (χ3v) is 2.50. The fourth-order valence-electron chi connectivity index (χ4n) is 1.14. The van der Waals surface area contributed by atoms with Crippen LogP contribution in [0.15, 0.2) is 21.1 Å². The Balaban J connectivity index is 2.51. The van der Waals surface area contributed by atoms with Gasteiger partial charge < -0.3 is 10.3 Å². The minimum Gasteiger partial charge on any atom is -0.338 e. The van der Waals surface area contributed by atoms with Gasteiger partial charge in [-0.15, -0.1) is 0 Å². The predicted molar refractivity (Wildman–Crippen MR) is 55.2 cm³/mol. The van der Waals surface area contributed by atoms with Crippen LogP contribution >= 0.6 is 15.9 Å². The first-order valence-corrected chi connectivity index (χ1v) is 5.08. The van der Waals surface area contributed by atoms with Crippen LogP contribution in [0.5, 0.6) is 0 Å². The fraction of sp³-hybridized carbons (Fsp3) is 0.111. The number of hydrogen-bond donors (Lipinski definition) is 1. The van der Waals surface area contributed by atoms with E-state index in [1.165, 1.54) is 6.07 Å². The first-order chi connectivity index (χ1) is 7.61. The molecular formula is C9H6BrF2N3O. The van der Waals surface area contributed by atoms with Gasteiger partial charge in [0.15, 0.2) is 0 Å². The molecule has 16 heavy (non-hydrogen) atoms. The number of benzene rings is 1. The summed E-state index contributed by atoms with van der Waals surface area (Å²) in [5, 5.41) is 3.54. The molecule has 0 unspecified atom stereocenters. The average molecular weight is 290 g/mol. The van der Waals surface area contributed by atoms with Crippen LogP contribution in [0.3, 0.4) is 0 Å². The van der Waals surface area contributed by atoms with Gasteiger partial charge in [-0.1, -0.05) is 5.16 Å². The van der Waals surface area contributed by atoms with E-state index in [1.54, 1.807) is 0 Å². The van der Waals surface area contributed by atoms with E-state index < -0.39 is 11.6 Å². The first-order valence-electron chi connectivity index (χ1n) is 4.29. The van der Waals surface area contributed by atoms with Crippen LogP contribution < -0.4 is 5.73 Å². The molecule has 0 saturated heterocycles. The number of nitrogens with zero attached hydrogens (tertiary/aromatic N) is 2. The quantitative estimate of drug-likeness (QED) is 0.861. The molecule has 0 saturated carbocycles. The summed E-state index contributed by atoms with van der Waals surface area (Å²) in [6.07, 6.45) is 0. The Hall–Kier alpha value is -1.34. The van der Waals surface area contributed by atoms with Crippen LogP contribution in [0.2, 0.25) is 0 Å². The first kappa shape index (κ1) is 11.2. The molecule has 0 amide bonds. The normalized spacial score (nSPS) is 10.8. The molecule has 0 radical (unpaired) electrons. The number of nitrogens with two attached hydrogens (primary N) is 1. The third-order valence-electron chi connectivity index (χ3n) is 1.89. The predicted octanol–water partition coefficient (Wildman–Crippen LogP) is 2.24. The fourth-order valence-corrected chi connectivity index (χ4v) is 1.48. The second-order valence-electron chi connectivity index (χ2n) is 2.96. The van der Waals surface area contributed by atoms with E-state index in [-0.39, 0.29) is 28.3 Å².